The number of aliphatic hydroxyl groups is 11. The number of amides is 1. The molecule has 2 aliphatic heterocycles. The van der Waals surface area contributed by atoms with Crippen molar-refractivity contribution in [3.63, 3.8) is 0 Å². The highest BCUT2D eigenvalue weighted by molar-refractivity contribution is 5.76. The maximum absolute atomic E-state index is 12.4. The molecule has 258 valence electrons. The van der Waals surface area contributed by atoms with E-state index in [0.29, 0.717) is 0 Å². The summed E-state index contributed by atoms with van der Waals surface area (Å²) in [7, 11) is 0. The third-order valence-corrected chi connectivity index (χ3v) is 7.22. The number of rotatable bonds is 16. The van der Waals surface area contributed by atoms with Crippen LogP contribution < -0.4 is 5.32 Å². The second-order valence-corrected chi connectivity index (χ2v) is 10.5. The lowest BCUT2D eigenvalue weighted by Crippen LogP contribution is -2.68. The first-order valence-electron chi connectivity index (χ1n) is 13.6. The van der Waals surface area contributed by atoms with Crippen molar-refractivity contribution in [3.8, 4) is 0 Å². The lowest BCUT2D eigenvalue weighted by molar-refractivity contribution is -0.346. The van der Waals surface area contributed by atoms with Crippen molar-refractivity contribution < 1.29 is 94.6 Å². The largest absolute Gasteiger partial charge is 0.477 e. The summed E-state index contributed by atoms with van der Waals surface area (Å²) in [4.78, 5) is 24.0. The summed E-state index contributed by atoms with van der Waals surface area (Å²) >= 11 is 0. The maximum Gasteiger partial charge on any atom is 0.364 e. The first-order chi connectivity index (χ1) is 20.5. The van der Waals surface area contributed by atoms with Crippen molar-refractivity contribution in [2.75, 3.05) is 26.4 Å². The fourth-order valence-electron chi connectivity index (χ4n) is 4.62. The molecule has 2 saturated heterocycles. The van der Waals surface area contributed by atoms with Crippen LogP contribution in [0, 0.1) is 0 Å². The van der Waals surface area contributed by atoms with E-state index in [2.05, 4.69) is 5.32 Å². The van der Waals surface area contributed by atoms with Crippen molar-refractivity contribution in [1.82, 2.24) is 5.32 Å². The number of carboxylic acid groups (broad SMARTS) is 1. The van der Waals surface area contributed by atoms with E-state index in [4.69, 9.17) is 28.8 Å². The van der Waals surface area contributed by atoms with Gasteiger partial charge in [-0.2, -0.15) is 0 Å². The Morgan fingerprint density at radius 2 is 1.57 bits per heavy atom. The molecule has 0 aromatic carbocycles. The van der Waals surface area contributed by atoms with Crippen LogP contribution in [0.2, 0.25) is 0 Å². The summed E-state index contributed by atoms with van der Waals surface area (Å²) in [6.45, 7) is -1.25. The second kappa shape index (κ2) is 16.7. The van der Waals surface area contributed by atoms with Gasteiger partial charge in [0.1, 0.15) is 54.9 Å². The first-order valence-corrected chi connectivity index (χ1v) is 13.6. The van der Waals surface area contributed by atoms with E-state index in [0.717, 1.165) is 6.92 Å². The molecule has 15 atom stereocenters. The van der Waals surface area contributed by atoms with Crippen LogP contribution in [-0.2, 0) is 33.3 Å². The van der Waals surface area contributed by atoms with Gasteiger partial charge in [0.25, 0.3) is 5.79 Å². The average molecular weight is 650 g/mol. The molecule has 1 amide bonds. The lowest BCUT2D eigenvalue weighted by Gasteiger charge is -2.47. The highest BCUT2D eigenvalue weighted by Gasteiger charge is 2.57. The standard InChI is InChI=1S/C24H43NO19/c1-8(13(6-28)42-21(37)12(32)5-27)41-22-19(36)18(35)17(34)14(43-22)7-40-24(23(38)39)3-10(30)15(25-9(2)29)20(44-24)16(33)11(31)4-26/h8,10-22,26-28,30-37H,3-7H2,1-2H3,(H,25,29)(H,38,39)/t8-,10+,11+,12-,13?,14?,15?,16+,17?,18?,19?,20?,21?,22?,24+/m0/s1. The number of carboxylic acids is 1. The van der Waals surface area contributed by atoms with Crippen LogP contribution in [0.1, 0.15) is 20.3 Å². The Balaban J connectivity index is 2.24. The van der Waals surface area contributed by atoms with Gasteiger partial charge >= 0.3 is 5.97 Å². The maximum atomic E-state index is 12.4. The fraction of sp³-hybridized carbons (Fsp3) is 0.917. The molecule has 0 saturated carbocycles. The smallest absolute Gasteiger partial charge is 0.364 e. The Morgan fingerprint density at radius 3 is 2.09 bits per heavy atom. The van der Waals surface area contributed by atoms with Crippen molar-refractivity contribution in [2.24, 2.45) is 0 Å². The van der Waals surface area contributed by atoms with Crippen LogP contribution >= 0.6 is 0 Å². The zero-order valence-corrected chi connectivity index (χ0v) is 23.8. The Labute approximate surface area is 250 Å². The van der Waals surface area contributed by atoms with E-state index >= 15 is 0 Å². The average Bonchev–Trinajstić information content (AvgIpc) is 2.98. The summed E-state index contributed by atoms with van der Waals surface area (Å²) in [6, 6.07) is -1.47. The zero-order chi connectivity index (χ0) is 33.5. The highest BCUT2D eigenvalue weighted by Crippen LogP contribution is 2.35. The van der Waals surface area contributed by atoms with Gasteiger partial charge in [0, 0.05) is 13.3 Å². The number of aliphatic carboxylic acids is 1. The Hall–Kier alpha value is -1.70. The predicted octanol–water partition coefficient (Wildman–Crippen LogP) is -7.59. The van der Waals surface area contributed by atoms with E-state index in [9.17, 15) is 65.8 Å². The molecule has 2 aliphatic rings. The summed E-state index contributed by atoms with van der Waals surface area (Å²) < 4.78 is 26.9. The molecule has 0 aliphatic carbocycles. The number of carbonyl (C=O) groups excluding carboxylic acids is 1. The number of ether oxygens (including phenoxy) is 5. The molecule has 0 bridgehead atoms. The predicted molar refractivity (Wildman–Crippen MR) is 137 cm³/mol. The molecule has 2 heterocycles. The van der Waals surface area contributed by atoms with Gasteiger partial charge in [-0.15, -0.1) is 0 Å². The van der Waals surface area contributed by atoms with Gasteiger partial charge in [0.15, 0.2) is 12.6 Å². The van der Waals surface area contributed by atoms with E-state index < -0.39 is 136 Å². The Morgan fingerprint density at radius 1 is 0.955 bits per heavy atom. The van der Waals surface area contributed by atoms with Crippen molar-refractivity contribution in [2.45, 2.75) is 112 Å². The Kier molecular flexibility index (Phi) is 14.6. The zero-order valence-electron chi connectivity index (χ0n) is 23.8. The molecule has 0 aromatic rings. The number of aliphatic hydroxyl groups excluding tert-OH is 11. The molecule has 9 unspecified atom stereocenters. The first kappa shape index (κ1) is 38.5. The second-order valence-electron chi connectivity index (χ2n) is 10.5. The monoisotopic (exact) mass is 649 g/mol. The minimum Gasteiger partial charge on any atom is -0.477 e. The topological polar surface area (TPSA) is 335 Å². The summed E-state index contributed by atoms with van der Waals surface area (Å²) in [5.74, 6) is -5.37. The molecule has 20 heteroatoms. The summed E-state index contributed by atoms with van der Waals surface area (Å²) in [5, 5.41) is 122. The molecule has 2 rings (SSSR count). The molecule has 0 radical (unpaired) electrons. The van der Waals surface area contributed by atoms with E-state index in [1.54, 1.807) is 0 Å². The van der Waals surface area contributed by atoms with Crippen LogP contribution in [0.25, 0.3) is 0 Å². The van der Waals surface area contributed by atoms with Gasteiger partial charge in [-0.25, -0.2) is 4.79 Å². The fourth-order valence-corrected chi connectivity index (χ4v) is 4.62. The van der Waals surface area contributed by atoms with Crippen molar-refractivity contribution >= 4 is 11.9 Å². The van der Waals surface area contributed by atoms with Crippen LogP contribution in [0.4, 0.5) is 0 Å². The van der Waals surface area contributed by atoms with Crippen LogP contribution in [0.3, 0.4) is 0 Å². The van der Waals surface area contributed by atoms with Gasteiger partial charge in [0.05, 0.1) is 44.7 Å². The van der Waals surface area contributed by atoms with E-state index in [1.165, 1.54) is 6.92 Å². The molecule has 0 aromatic heterocycles. The molecule has 44 heavy (non-hydrogen) atoms. The van der Waals surface area contributed by atoms with Gasteiger partial charge in [-0.05, 0) is 6.92 Å². The SMILES string of the molecule is CC(=O)NC1C([C@H](O)[C@H](O)CO)O[C@@](OCC2OC(O[C@@H](C)C(CO)OC(O)[C@@H](O)CO)C(O)C(O)C2O)(C(=O)O)C[C@H]1O. The van der Waals surface area contributed by atoms with Crippen LogP contribution in [0.15, 0.2) is 0 Å². The van der Waals surface area contributed by atoms with Gasteiger partial charge < -0.3 is 90.3 Å². The Bertz CT molecular complexity index is 915. The third kappa shape index (κ3) is 9.19. The number of hydrogen-bond donors (Lipinski definition) is 13. The highest BCUT2D eigenvalue weighted by atomic mass is 16.8. The molecule has 2 fully saturated rings. The van der Waals surface area contributed by atoms with Crippen molar-refractivity contribution in [1.29, 1.82) is 0 Å². The lowest BCUT2D eigenvalue weighted by atomic mass is 9.88. The molecule has 0 spiro atoms. The third-order valence-electron chi connectivity index (χ3n) is 7.22. The minimum absolute atomic E-state index is 0.712. The van der Waals surface area contributed by atoms with Gasteiger partial charge in [-0.3, -0.25) is 4.79 Å². The number of nitrogens with one attached hydrogen (secondary N) is 1. The van der Waals surface area contributed by atoms with E-state index in [1.807, 2.05) is 0 Å². The van der Waals surface area contributed by atoms with Gasteiger partial charge in [-0.1, -0.05) is 0 Å². The quantitative estimate of drug-likeness (QED) is 0.0690. The molecule has 20 nitrogen and oxygen atoms in total. The molecular weight excluding hydrogens is 606 g/mol. The van der Waals surface area contributed by atoms with Crippen molar-refractivity contribution in [3.05, 3.63) is 0 Å². The van der Waals surface area contributed by atoms with E-state index in [-0.39, 0.29) is 0 Å². The number of hydrogen-bond acceptors (Lipinski definition) is 18. The molecular formula is C24H43NO19. The van der Waals surface area contributed by atoms with Crippen LogP contribution in [0.5, 0.6) is 0 Å². The normalized spacial score (nSPS) is 36.9. The van der Waals surface area contributed by atoms with Gasteiger partial charge in [0.2, 0.25) is 5.91 Å². The van der Waals surface area contributed by atoms with Crippen LogP contribution in [-0.4, -0.2) is 191 Å². The summed E-state index contributed by atoms with van der Waals surface area (Å²) in [5.41, 5.74) is 0. The molecule has 13 N–H and O–H groups in total. The summed E-state index contributed by atoms with van der Waals surface area (Å²) in [6.07, 6.45) is -23.9. The minimum atomic E-state index is -2.80. The number of carbonyl (C=O) groups is 2.